The van der Waals surface area contributed by atoms with Crippen molar-refractivity contribution in [3.8, 4) is 56.4 Å². The molecule has 10 aromatic rings. The molecule has 2 aromatic heterocycles. The third kappa shape index (κ3) is 5.35. The van der Waals surface area contributed by atoms with Crippen molar-refractivity contribution < 1.29 is 0 Å². The molecule has 0 radical (unpaired) electrons. The zero-order valence-corrected chi connectivity index (χ0v) is 35.4. The lowest BCUT2D eigenvalue weighted by Crippen LogP contribution is -2.25. The van der Waals surface area contributed by atoms with E-state index in [0.29, 0.717) is 17.5 Å². The minimum atomic E-state index is -0.357. The number of rotatable bonds is 5. The Kier molecular flexibility index (Phi) is 7.88. The summed E-state index contributed by atoms with van der Waals surface area (Å²) in [4.78, 5) is 15.4. The summed E-state index contributed by atoms with van der Waals surface area (Å²) in [5, 5.41) is 2.54. The molecular formula is C59H39N3S. The van der Waals surface area contributed by atoms with Crippen molar-refractivity contribution in [1.29, 1.82) is 0 Å². The van der Waals surface area contributed by atoms with Crippen molar-refractivity contribution >= 4 is 37.1 Å². The third-order valence-electron chi connectivity index (χ3n) is 13.8. The Labute approximate surface area is 370 Å². The van der Waals surface area contributed by atoms with Crippen LogP contribution in [0.1, 0.15) is 46.7 Å². The van der Waals surface area contributed by atoms with Crippen molar-refractivity contribution in [2.24, 2.45) is 0 Å². The molecule has 3 aliphatic rings. The first kappa shape index (κ1) is 36.2. The number of benzene rings is 8. The highest BCUT2D eigenvalue weighted by atomic mass is 32.1. The Morgan fingerprint density at radius 2 is 1.00 bits per heavy atom. The second kappa shape index (κ2) is 13.7. The van der Waals surface area contributed by atoms with Gasteiger partial charge in [-0.1, -0.05) is 195 Å². The van der Waals surface area contributed by atoms with Crippen molar-refractivity contribution in [3.05, 3.63) is 240 Å². The van der Waals surface area contributed by atoms with Crippen LogP contribution < -0.4 is 0 Å². The highest BCUT2D eigenvalue weighted by molar-refractivity contribution is 7.25. The molecule has 0 bridgehead atoms. The molecule has 13 rings (SSSR count). The predicted molar refractivity (Wildman–Crippen MR) is 261 cm³/mol. The number of nitrogens with zero attached hydrogens (tertiary/aromatic N) is 3. The Morgan fingerprint density at radius 3 is 1.73 bits per heavy atom. The summed E-state index contributed by atoms with van der Waals surface area (Å²) in [6.45, 7) is 2.34. The van der Waals surface area contributed by atoms with E-state index in [4.69, 9.17) is 15.0 Å². The van der Waals surface area contributed by atoms with Gasteiger partial charge in [0.2, 0.25) is 0 Å². The Balaban J connectivity index is 0.880. The Bertz CT molecular complexity index is 3530. The number of fused-ring (bicyclic) bond motifs is 13. The highest BCUT2D eigenvalue weighted by Gasteiger charge is 2.52. The molecule has 296 valence electrons. The maximum atomic E-state index is 5.18. The van der Waals surface area contributed by atoms with Gasteiger partial charge in [0.1, 0.15) is 0 Å². The highest BCUT2D eigenvalue weighted by Crippen LogP contribution is 2.63. The molecule has 0 saturated carbocycles. The van der Waals surface area contributed by atoms with Gasteiger partial charge in [0, 0.05) is 42.3 Å². The van der Waals surface area contributed by atoms with Crippen LogP contribution in [0.5, 0.6) is 0 Å². The monoisotopic (exact) mass is 821 g/mol. The van der Waals surface area contributed by atoms with Crippen LogP contribution in [0, 0.1) is 0 Å². The van der Waals surface area contributed by atoms with E-state index in [2.05, 4.69) is 195 Å². The molecule has 3 aliphatic carbocycles. The first-order valence-corrected chi connectivity index (χ1v) is 22.6. The van der Waals surface area contributed by atoms with Gasteiger partial charge in [0.05, 0.1) is 5.41 Å². The normalized spacial score (nSPS) is 16.5. The molecule has 1 spiro atoms. The first-order chi connectivity index (χ1) is 31.1. The van der Waals surface area contributed by atoms with Gasteiger partial charge >= 0.3 is 0 Å². The number of hydrogen-bond donors (Lipinski definition) is 0. The Morgan fingerprint density at radius 1 is 0.444 bits per heavy atom. The summed E-state index contributed by atoms with van der Waals surface area (Å²) < 4.78 is 2.50. The van der Waals surface area contributed by atoms with E-state index in [0.717, 1.165) is 23.1 Å². The maximum Gasteiger partial charge on any atom is 0.164 e. The van der Waals surface area contributed by atoms with Gasteiger partial charge in [-0.2, -0.15) is 0 Å². The van der Waals surface area contributed by atoms with E-state index in [1.807, 2.05) is 29.5 Å². The van der Waals surface area contributed by atoms with Gasteiger partial charge in [-0.3, -0.25) is 0 Å². The van der Waals surface area contributed by atoms with Crippen molar-refractivity contribution in [2.45, 2.75) is 24.2 Å². The SMILES string of the molecule is CC1(c2cccc(-c3nc(-c4ccccc4)nc(-c4ccc5c(c4)sc4ccccc45)n3)c2)C=CC(c2cccc3c2-c2ccccc2C32c3ccccc3-c3ccccc32)=CC1. The van der Waals surface area contributed by atoms with E-state index in [1.165, 1.54) is 81.4 Å². The molecule has 0 aliphatic heterocycles. The molecule has 4 heteroatoms. The summed E-state index contributed by atoms with van der Waals surface area (Å²) in [6.07, 6.45) is 8.07. The van der Waals surface area contributed by atoms with Gasteiger partial charge < -0.3 is 0 Å². The van der Waals surface area contributed by atoms with Gasteiger partial charge in [-0.15, -0.1) is 11.3 Å². The fourth-order valence-corrected chi connectivity index (χ4v) is 11.9. The van der Waals surface area contributed by atoms with Crippen LogP contribution in [0.25, 0.3) is 82.2 Å². The number of thiophene rings is 1. The van der Waals surface area contributed by atoms with Crippen molar-refractivity contribution in [2.75, 3.05) is 0 Å². The summed E-state index contributed by atoms with van der Waals surface area (Å²) >= 11 is 1.81. The molecule has 0 saturated heterocycles. The summed E-state index contributed by atoms with van der Waals surface area (Å²) in [6, 6.07) is 68.3. The molecule has 0 N–H and O–H groups in total. The molecule has 63 heavy (non-hydrogen) atoms. The second-order valence-electron chi connectivity index (χ2n) is 17.3. The third-order valence-corrected chi connectivity index (χ3v) is 14.9. The fraction of sp³-hybridized carbons (Fsp3) is 0.0678. The molecule has 2 heterocycles. The summed E-state index contributed by atoms with van der Waals surface area (Å²) in [5.74, 6) is 2.00. The Hall–Kier alpha value is -7.53. The lowest BCUT2D eigenvalue weighted by molar-refractivity contribution is 0.601. The summed E-state index contributed by atoms with van der Waals surface area (Å²) in [7, 11) is 0. The van der Waals surface area contributed by atoms with Gasteiger partial charge in [0.15, 0.2) is 17.5 Å². The number of aromatic nitrogens is 3. The quantitative estimate of drug-likeness (QED) is 0.174. The fourth-order valence-electron chi connectivity index (χ4n) is 10.8. The predicted octanol–water partition coefficient (Wildman–Crippen LogP) is 14.9. The van der Waals surface area contributed by atoms with E-state index >= 15 is 0 Å². The van der Waals surface area contributed by atoms with E-state index in [-0.39, 0.29) is 10.8 Å². The van der Waals surface area contributed by atoms with Crippen LogP contribution in [0.15, 0.2) is 206 Å². The van der Waals surface area contributed by atoms with Crippen molar-refractivity contribution in [1.82, 2.24) is 15.0 Å². The average Bonchev–Trinajstić information content (AvgIpc) is 3.98. The summed E-state index contributed by atoms with van der Waals surface area (Å²) in [5.41, 5.74) is 16.9. The van der Waals surface area contributed by atoms with Crippen LogP contribution >= 0.6 is 11.3 Å². The van der Waals surface area contributed by atoms with Crippen LogP contribution in [0.3, 0.4) is 0 Å². The maximum absolute atomic E-state index is 5.18. The molecule has 0 fully saturated rings. The van der Waals surface area contributed by atoms with E-state index < -0.39 is 0 Å². The average molecular weight is 822 g/mol. The minimum Gasteiger partial charge on any atom is -0.208 e. The van der Waals surface area contributed by atoms with Crippen LogP contribution in [-0.2, 0) is 10.8 Å². The largest absolute Gasteiger partial charge is 0.208 e. The van der Waals surface area contributed by atoms with Gasteiger partial charge in [-0.25, -0.2) is 15.0 Å². The van der Waals surface area contributed by atoms with E-state index in [1.54, 1.807) is 0 Å². The lowest BCUT2D eigenvalue weighted by atomic mass is 9.70. The molecule has 0 amide bonds. The number of allylic oxidation sites excluding steroid dienone is 4. The van der Waals surface area contributed by atoms with Gasteiger partial charge in [-0.05, 0) is 85.8 Å². The molecular weight excluding hydrogens is 783 g/mol. The minimum absolute atomic E-state index is 0.232. The van der Waals surface area contributed by atoms with Crippen LogP contribution in [-0.4, -0.2) is 15.0 Å². The zero-order chi connectivity index (χ0) is 41.7. The molecule has 1 unspecified atom stereocenters. The van der Waals surface area contributed by atoms with E-state index in [9.17, 15) is 0 Å². The van der Waals surface area contributed by atoms with Crippen molar-refractivity contribution in [3.63, 3.8) is 0 Å². The smallest absolute Gasteiger partial charge is 0.164 e. The molecule has 8 aromatic carbocycles. The first-order valence-electron chi connectivity index (χ1n) is 21.7. The van der Waals surface area contributed by atoms with Crippen LogP contribution in [0.4, 0.5) is 0 Å². The topological polar surface area (TPSA) is 38.7 Å². The second-order valence-corrected chi connectivity index (χ2v) is 18.4. The molecule has 3 nitrogen and oxygen atoms in total. The van der Waals surface area contributed by atoms with Crippen LogP contribution in [0.2, 0.25) is 0 Å². The number of hydrogen-bond acceptors (Lipinski definition) is 4. The zero-order valence-electron chi connectivity index (χ0n) is 34.6. The lowest BCUT2D eigenvalue weighted by Gasteiger charge is -2.31. The van der Waals surface area contributed by atoms with Gasteiger partial charge in [0.25, 0.3) is 0 Å². The molecule has 1 atom stereocenters. The standard InChI is InChI=1S/C59H39N3S/c1-58(33-31-37(32-34-58)42-23-14-27-51-54(42)47-22-7-11-26-50(47)59(51)48-24-9-5-19-43(48)44-20-6-10-25-49(44)59)41-18-13-17-39(35-41)56-60-55(38-15-3-2-4-16-38)61-57(62-56)40-29-30-46-45-21-8-12-28-52(45)63-53(46)36-40/h2-33,35-36H,34H2,1H3.